The number of urea groups is 1. The van der Waals surface area contributed by atoms with E-state index in [2.05, 4.69) is 24.5 Å². The number of methoxy groups -OCH3 is 2. The van der Waals surface area contributed by atoms with Crippen molar-refractivity contribution in [3.05, 3.63) is 59.2 Å². The van der Waals surface area contributed by atoms with E-state index in [4.69, 9.17) is 9.47 Å². The molecule has 2 aromatic carbocycles. The van der Waals surface area contributed by atoms with Crippen molar-refractivity contribution < 1.29 is 23.9 Å². The zero-order chi connectivity index (χ0) is 23.5. The van der Waals surface area contributed by atoms with Crippen LogP contribution in [0.3, 0.4) is 0 Å². The zero-order valence-corrected chi connectivity index (χ0v) is 19.0. The van der Waals surface area contributed by atoms with Crippen molar-refractivity contribution in [1.29, 1.82) is 0 Å². The van der Waals surface area contributed by atoms with Crippen molar-refractivity contribution in [1.82, 2.24) is 15.5 Å². The molecule has 32 heavy (non-hydrogen) atoms. The Labute approximate surface area is 187 Å². The first-order chi connectivity index (χ1) is 15.2. The monoisotopic (exact) mass is 439 g/mol. The number of ether oxygens (including phenoxy) is 2. The van der Waals surface area contributed by atoms with Gasteiger partial charge in [-0.15, -0.1) is 0 Å². The number of carbonyl (C=O) groups is 3. The fourth-order valence-corrected chi connectivity index (χ4v) is 3.63. The normalized spacial score (nSPS) is 18.0. The largest absolute Gasteiger partial charge is 0.493 e. The number of hydrogen-bond donors (Lipinski definition) is 2. The average Bonchev–Trinajstić information content (AvgIpc) is 3.01. The van der Waals surface area contributed by atoms with E-state index in [1.807, 2.05) is 24.3 Å². The van der Waals surface area contributed by atoms with E-state index in [0.29, 0.717) is 23.0 Å². The van der Waals surface area contributed by atoms with Gasteiger partial charge in [-0.2, -0.15) is 0 Å². The Kier molecular flexibility index (Phi) is 6.72. The van der Waals surface area contributed by atoms with Gasteiger partial charge in [-0.1, -0.05) is 44.2 Å². The van der Waals surface area contributed by atoms with Gasteiger partial charge in [0, 0.05) is 6.54 Å². The van der Waals surface area contributed by atoms with Crippen molar-refractivity contribution >= 4 is 17.8 Å². The summed E-state index contributed by atoms with van der Waals surface area (Å²) in [5, 5.41) is 5.46. The first kappa shape index (κ1) is 23.1. The molecule has 1 heterocycles. The number of rotatable bonds is 8. The maximum absolute atomic E-state index is 13.1. The quantitative estimate of drug-likeness (QED) is 0.617. The Bertz CT molecular complexity index is 1020. The van der Waals surface area contributed by atoms with Crippen LogP contribution in [0.1, 0.15) is 43.4 Å². The predicted molar refractivity (Wildman–Crippen MR) is 120 cm³/mol. The summed E-state index contributed by atoms with van der Waals surface area (Å²) in [6.45, 7) is 5.68. The summed E-state index contributed by atoms with van der Waals surface area (Å²) in [6.07, 6.45) is 0. The first-order valence-electron chi connectivity index (χ1n) is 10.4. The fraction of sp³-hybridized carbons (Fsp3) is 0.375. The minimum absolute atomic E-state index is 0.219. The summed E-state index contributed by atoms with van der Waals surface area (Å²) in [5.74, 6) is 0.593. The molecule has 1 aliphatic heterocycles. The molecule has 0 bridgehead atoms. The van der Waals surface area contributed by atoms with Crippen molar-refractivity contribution in [2.24, 2.45) is 0 Å². The maximum Gasteiger partial charge on any atom is 0.325 e. The van der Waals surface area contributed by atoms with Gasteiger partial charge in [0.25, 0.3) is 5.91 Å². The summed E-state index contributed by atoms with van der Waals surface area (Å²) in [7, 11) is 3.08. The van der Waals surface area contributed by atoms with Crippen LogP contribution in [0, 0.1) is 0 Å². The lowest BCUT2D eigenvalue weighted by molar-refractivity contribution is -0.134. The topological polar surface area (TPSA) is 97.0 Å². The van der Waals surface area contributed by atoms with Gasteiger partial charge < -0.3 is 20.1 Å². The van der Waals surface area contributed by atoms with Gasteiger partial charge in [0.15, 0.2) is 11.5 Å². The highest BCUT2D eigenvalue weighted by Crippen LogP contribution is 2.30. The number of benzene rings is 2. The molecule has 170 valence electrons. The molecule has 1 atom stereocenters. The van der Waals surface area contributed by atoms with E-state index in [1.54, 1.807) is 32.2 Å². The summed E-state index contributed by atoms with van der Waals surface area (Å²) < 4.78 is 10.5. The van der Waals surface area contributed by atoms with Crippen molar-refractivity contribution in [3.63, 3.8) is 0 Å². The van der Waals surface area contributed by atoms with Crippen molar-refractivity contribution in [2.75, 3.05) is 20.8 Å². The van der Waals surface area contributed by atoms with Crippen LogP contribution in [0.2, 0.25) is 0 Å². The standard InChI is InChI=1S/C24H29N3O5/c1-15(2)17-7-9-18(10-8-17)24(3)22(29)27(23(30)26-24)14-21(28)25-13-16-6-11-19(31-4)20(12-16)32-5/h6-12,15H,13-14H2,1-5H3,(H,25,28)(H,26,30)/t24-/m1/s1. The highest BCUT2D eigenvalue weighted by molar-refractivity contribution is 6.09. The molecule has 0 radical (unpaired) electrons. The highest BCUT2D eigenvalue weighted by Gasteiger charge is 2.49. The predicted octanol–water partition coefficient (Wildman–Crippen LogP) is 2.91. The Morgan fingerprint density at radius 1 is 1.06 bits per heavy atom. The lowest BCUT2D eigenvalue weighted by Crippen LogP contribution is -2.43. The molecule has 0 spiro atoms. The minimum Gasteiger partial charge on any atom is -0.493 e. The van der Waals surface area contributed by atoms with Crippen LogP contribution >= 0.6 is 0 Å². The van der Waals surface area contributed by atoms with Gasteiger partial charge in [0.05, 0.1) is 14.2 Å². The molecule has 3 rings (SSSR count). The minimum atomic E-state index is -1.21. The molecule has 1 saturated heterocycles. The molecule has 2 aromatic rings. The third kappa shape index (κ3) is 4.54. The summed E-state index contributed by atoms with van der Waals surface area (Å²) in [4.78, 5) is 39.0. The van der Waals surface area contributed by atoms with E-state index in [1.165, 1.54) is 7.11 Å². The Morgan fingerprint density at radius 3 is 2.31 bits per heavy atom. The fourth-order valence-electron chi connectivity index (χ4n) is 3.63. The SMILES string of the molecule is COc1ccc(CNC(=O)CN2C(=O)N[C@](C)(c3ccc(C(C)C)cc3)C2=O)cc1OC. The second kappa shape index (κ2) is 9.30. The van der Waals surface area contributed by atoms with Gasteiger partial charge in [-0.3, -0.25) is 14.5 Å². The van der Waals surface area contributed by atoms with Crippen LogP contribution in [0.15, 0.2) is 42.5 Å². The van der Waals surface area contributed by atoms with E-state index in [0.717, 1.165) is 16.0 Å². The third-order valence-corrected chi connectivity index (χ3v) is 5.67. The van der Waals surface area contributed by atoms with Gasteiger partial charge in [-0.25, -0.2) is 4.79 Å². The lowest BCUT2D eigenvalue weighted by atomic mass is 9.90. The van der Waals surface area contributed by atoms with E-state index < -0.39 is 23.4 Å². The second-order valence-electron chi connectivity index (χ2n) is 8.19. The molecular weight excluding hydrogens is 410 g/mol. The van der Waals surface area contributed by atoms with Crippen LogP contribution < -0.4 is 20.1 Å². The molecule has 1 aliphatic rings. The molecule has 2 N–H and O–H groups in total. The Hall–Kier alpha value is -3.55. The molecular formula is C24H29N3O5. The molecule has 0 saturated carbocycles. The number of imide groups is 1. The smallest absolute Gasteiger partial charge is 0.325 e. The first-order valence-corrected chi connectivity index (χ1v) is 10.4. The number of nitrogens with one attached hydrogen (secondary N) is 2. The molecule has 8 nitrogen and oxygen atoms in total. The lowest BCUT2D eigenvalue weighted by Gasteiger charge is -2.22. The average molecular weight is 440 g/mol. The number of amides is 4. The number of carbonyl (C=O) groups excluding carboxylic acids is 3. The van der Waals surface area contributed by atoms with E-state index in [9.17, 15) is 14.4 Å². The molecule has 1 fully saturated rings. The molecule has 0 aliphatic carbocycles. The van der Waals surface area contributed by atoms with Crippen molar-refractivity contribution in [3.8, 4) is 11.5 Å². The van der Waals surface area contributed by atoms with Gasteiger partial charge in [-0.05, 0) is 41.7 Å². The van der Waals surface area contributed by atoms with Crippen molar-refractivity contribution in [2.45, 2.75) is 38.8 Å². The van der Waals surface area contributed by atoms with Gasteiger partial charge in [0.1, 0.15) is 12.1 Å². The summed E-state index contributed by atoms with van der Waals surface area (Å²) in [6, 6.07) is 12.3. The van der Waals surface area contributed by atoms with Gasteiger partial charge >= 0.3 is 6.03 Å². The van der Waals surface area contributed by atoms with Crippen LogP contribution in [0.5, 0.6) is 11.5 Å². The van der Waals surface area contributed by atoms with Crippen LogP contribution in [0.4, 0.5) is 4.79 Å². The summed E-state index contributed by atoms with van der Waals surface area (Å²) >= 11 is 0. The summed E-state index contributed by atoms with van der Waals surface area (Å²) in [5.41, 5.74) is 1.40. The zero-order valence-electron chi connectivity index (χ0n) is 19.0. The van der Waals surface area contributed by atoms with Gasteiger partial charge in [0.2, 0.25) is 5.91 Å². The van der Waals surface area contributed by atoms with E-state index in [-0.39, 0.29) is 13.1 Å². The number of nitrogens with zero attached hydrogens (tertiary/aromatic N) is 1. The highest BCUT2D eigenvalue weighted by atomic mass is 16.5. The van der Waals surface area contributed by atoms with E-state index >= 15 is 0 Å². The molecule has 8 heteroatoms. The van der Waals surface area contributed by atoms with Crippen LogP contribution in [0.25, 0.3) is 0 Å². The second-order valence-corrected chi connectivity index (χ2v) is 8.19. The maximum atomic E-state index is 13.1. The van der Waals surface area contributed by atoms with Crippen LogP contribution in [-0.2, 0) is 21.7 Å². The molecule has 0 unspecified atom stereocenters. The molecule has 4 amide bonds. The Balaban J connectivity index is 1.65. The molecule has 0 aromatic heterocycles. The third-order valence-electron chi connectivity index (χ3n) is 5.67. The Morgan fingerprint density at radius 2 is 1.72 bits per heavy atom. The number of hydrogen-bond acceptors (Lipinski definition) is 5. The van der Waals surface area contributed by atoms with Crippen LogP contribution in [-0.4, -0.2) is 43.5 Å².